The van der Waals surface area contributed by atoms with E-state index in [0.29, 0.717) is 12.8 Å². The van der Waals surface area contributed by atoms with Crippen LogP contribution in [0, 0.1) is 0 Å². The normalized spacial score (nSPS) is 17.9. The van der Waals surface area contributed by atoms with Crippen LogP contribution in [0.25, 0.3) is 0 Å². The predicted molar refractivity (Wildman–Crippen MR) is 46.4 cm³/mol. The van der Waals surface area contributed by atoms with Crippen LogP contribution in [0.5, 0.6) is 0 Å². The molecule has 1 heterocycles. The topological polar surface area (TPSA) is 44.1 Å². The largest absolute Gasteiger partial charge is 0.467 e. The molecule has 1 aromatic rings. The number of hydrogen-bond donors (Lipinski definition) is 0. The van der Waals surface area contributed by atoms with Gasteiger partial charge in [0.1, 0.15) is 5.69 Å². The Labute approximate surface area is 84.8 Å². The monoisotopic (exact) mass is 216 g/mol. The highest BCUT2D eigenvalue weighted by atomic mass is 19.3. The second-order valence-corrected chi connectivity index (χ2v) is 3.51. The van der Waals surface area contributed by atoms with Gasteiger partial charge < -0.3 is 4.74 Å². The maximum Gasteiger partial charge on any atom is 0.333 e. The van der Waals surface area contributed by atoms with Crippen molar-refractivity contribution in [3.8, 4) is 0 Å². The summed E-state index contributed by atoms with van der Waals surface area (Å²) in [4.78, 5) is 11.4. The highest BCUT2D eigenvalue weighted by Gasteiger charge is 2.54. The van der Waals surface area contributed by atoms with E-state index in [1.165, 1.54) is 24.1 Å². The number of rotatable bonds is 3. The highest BCUT2D eigenvalue weighted by Crippen LogP contribution is 2.44. The number of halogens is 2. The van der Waals surface area contributed by atoms with Crippen molar-refractivity contribution in [3.63, 3.8) is 0 Å². The minimum Gasteiger partial charge on any atom is -0.467 e. The van der Waals surface area contributed by atoms with Crippen LogP contribution in [0.4, 0.5) is 8.78 Å². The van der Waals surface area contributed by atoms with E-state index in [4.69, 9.17) is 0 Å². The first-order chi connectivity index (χ1) is 7.10. The molecular formula is C9H10F2N2O2. The molecular weight excluding hydrogens is 206 g/mol. The van der Waals surface area contributed by atoms with Gasteiger partial charge in [-0.1, -0.05) is 0 Å². The zero-order valence-corrected chi connectivity index (χ0v) is 8.11. The maximum atomic E-state index is 12.3. The van der Waals surface area contributed by atoms with E-state index >= 15 is 0 Å². The van der Waals surface area contributed by atoms with Crippen molar-refractivity contribution in [2.45, 2.75) is 24.8 Å². The Balaban J connectivity index is 2.26. The average molecular weight is 216 g/mol. The van der Waals surface area contributed by atoms with Crippen LogP contribution in [0.2, 0.25) is 0 Å². The average Bonchev–Trinajstić information content (AvgIpc) is 2.87. The standard InChI is InChI=1S/C9H10F2N2O2/c1-15-8(14)9(3-4-9)13-5-2-6(12-13)7(10)11/h2,5,7H,3-4H2,1H3. The fourth-order valence-corrected chi connectivity index (χ4v) is 1.53. The van der Waals surface area contributed by atoms with Gasteiger partial charge in [0.15, 0.2) is 5.54 Å². The van der Waals surface area contributed by atoms with E-state index in [1.54, 1.807) is 0 Å². The van der Waals surface area contributed by atoms with Crippen molar-refractivity contribution in [2.24, 2.45) is 0 Å². The lowest BCUT2D eigenvalue weighted by Crippen LogP contribution is -2.29. The molecule has 0 aromatic carbocycles. The van der Waals surface area contributed by atoms with Crippen LogP contribution in [0.15, 0.2) is 12.3 Å². The number of methoxy groups -OCH3 is 1. The van der Waals surface area contributed by atoms with Gasteiger partial charge >= 0.3 is 5.97 Å². The van der Waals surface area contributed by atoms with Crippen LogP contribution in [0.3, 0.4) is 0 Å². The predicted octanol–water partition coefficient (Wildman–Crippen LogP) is 1.48. The van der Waals surface area contributed by atoms with Gasteiger partial charge in [0.05, 0.1) is 7.11 Å². The van der Waals surface area contributed by atoms with Crippen LogP contribution in [-0.2, 0) is 15.1 Å². The number of carbonyl (C=O) groups is 1. The quantitative estimate of drug-likeness (QED) is 0.719. The minimum atomic E-state index is -2.61. The van der Waals surface area contributed by atoms with Gasteiger partial charge in [-0.2, -0.15) is 5.10 Å². The molecule has 0 saturated heterocycles. The van der Waals surface area contributed by atoms with Crippen molar-refractivity contribution >= 4 is 5.97 Å². The summed E-state index contributed by atoms with van der Waals surface area (Å²) in [6.45, 7) is 0. The summed E-state index contributed by atoms with van der Waals surface area (Å²) in [6, 6.07) is 1.22. The van der Waals surface area contributed by atoms with E-state index in [1.807, 2.05) is 0 Å². The Morgan fingerprint density at radius 1 is 1.67 bits per heavy atom. The van der Waals surface area contributed by atoms with E-state index in [2.05, 4.69) is 9.84 Å². The van der Waals surface area contributed by atoms with Gasteiger partial charge in [-0.25, -0.2) is 13.6 Å². The first-order valence-corrected chi connectivity index (χ1v) is 4.53. The van der Waals surface area contributed by atoms with Crippen molar-refractivity contribution in [1.82, 2.24) is 9.78 Å². The molecule has 1 aromatic heterocycles. The molecule has 0 unspecified atom stereocenters. The molecule has 0 atom stereocenters. The van der Waals surface area contributed by atoms with Gasteiger partial charge in [-0.15, -0.1) is 0 Å². The molecule has 1 saturated carbocycles. The maximum absolute atomic E-state index is 12.3. The molecule has 0 amide bonds. The van der Waals surface area contributed by atoms with E-state index in [9.17, 15) is 13.6 Å². The zero-order valence-electron chi connectivity index (χ0n) is 8.11. The Morgan fingerprint density at radius 3 is 2.73 bits per heavy atom. The summed E-state index contributed by atoms with van der Waals surface area (Å²) in [5, 5.41) is 3.68. The van der Waals surface area contributed by atoms with Gasteiger partial charge in [0, 0.05) is 6.20 Å². The first kappa shape index (κ1) is 10.1. The smallest absolute Gasteiger partial charge is 0.333 e. The molecule has 1 aliphatic rings. The van der Waals surface area contributed by atoms with Gasteiger partial charge in [-0.05, 0) is 18.9 Å². The highest BCUT2D eigenvalue weighted by molar-refractivity contribution is 5.81. The van der Waals surface area contributed by atoms with E-state index < -0.39 is 17.9 Å². The second kappa shape index (κ2) is 3.29. The molecule has 0 radical (unpaired) electrons. The summed E-state index contributed by atoms with van der Waals surface area (Å²) < 4.78 is 30.5. The number of esters is 1. The number of carbonyl (C=O) groups excluding carboxylic acids is 1. The SMILES string of the molecule is COC(=O)C1(n2ccc(C(F)F)n2)CC1. The number of hydrogen-bond acceptors (Lipinski definition) is 3. The third kappa shape index (κ3) is 1.49. The van der Waals surface area contributed by atoms with Crippen molar-refractivity contribution in [1.29, 1.82) is 0 Å². The van der Waals surface area contributed by atoms with E-state index in [-0.39, 0.29) is 5.69 Å². The van der Waals surface area contributed by atoms with Crippen LogP contribution in [-0.4, -0.2) is 22.9 Å². The minimum absolute atomic E-state index is 0.315. The van der Waals surface area contributed by atoms with Crippen molar-refractivity contribution in [3.05, 3.63) is 18.0 Å². The fraction of sp³-hybridized carbons (Fsp3) is 0.556. The molecule has 0 bridgehead atoms. The summed E-state index contributed by atoms with van der Waals surface area (Å²) in [6.07, 6.45) is -0.0425. The Morgan fingerprint density at radius 2 is 2.33 bits per heavy atom. The number of aromatic nitrogens is 2. The zero-order chi connectivity index (χ0) is 11.1. The Hall–Kier alpha value is -1.46. The molecule has 1 aliphatic carbocycles. The number of alkyl halides is 2. The lowest BCUT2D eigenvalue weighted by atomic mass is 10.3. The molecule has 0 spiro atoms. The van der Waals surface area contributed by atoms with Crippen molar-refractivity contribution in [2.75, 3.05) is 7.11 Å². The summed E-state index contributed by atoms with van der Waals surface area (Å²) in [7, 11) is 1.28. The van der Waals surface area contributed by atoms with Crippen molar-refractivity contribution < 1.29 is 18.3 Å². The van der Waals surface area contributed by atoms with Crippen LogP contribution in [0.1, 0.15) is 25.0 Å². The summed E-state index contributed by atoms with van der Waals surface area (Å²) in [5.74, 6) is -0.425. The summed E-state index contributed by atoms with van der Waals surface area (Å²) >= 11 is 0. The Bertz CT molecular complexity index is 385. The number of ether oxygens (including phenoxy) is 1. The van der Waals surface area contributed by atoms with Gasteiger partial charge in [0.25, 0.3) is 6.43 Å². The summed E-state index contributed by atoms with van der Waals surface area (Å²) in [5.41, 5.74) is -1.15. The molecule has 0 aliphatic heterocycles. The van der Waals surface area contributed by atoms with Crippen LogP contribution >= 0.6 is 0 Å². The van der Waals surface area contributed by atoms with Gasteiger partial charge in [-0.3, -0.25) is 4.68 Å². The third-order valence-corrected chi connectivity index (χ3v) is 2.56. The molecule has 2 rings (SSSR count). The molecule has 1 fully saturated rings. The second-order valence-electron chi connectivity index (χ2n) is 3.51. The lowest BCUT2D eigenvalue weighted by Gasteiger charge is -2.12. The lowest BCUT2D eigenvalue weighted by molar-refractivity contribution is -0.146. The molecule has 4 nitrogen and oxygen atoms in total. The molecule has 15 heavy (non-hydrogen) atoms. The van der Waals surface area contributed by atoms with Crippen LogP contribution < -0.4 is 0 Å². The third-order valence-electron chi connectivity index (χ3n) is 2.56. The van der Waals surface area contributed by atoms with Gasteiger partial charge in [0.2, 0.25) is 0 Å². The molecule has 82 valence electrons. The van der Waals surface area contributed by atoms with E-state index in [0.717, 1.165) is 0 Å². The molecule has 6 heteroatoms. The Kier molecular flexibility index (Phi) is 2.21. The number of nitrogens with zero attached hydrogens (tertiary/aromatic N) is 2. The molecule has 0 N–H and O–H groups in total. The first-order valence-electron chi connectivity index (χ1n) is 4.53. The fourth-order valence-electron chi connectivity index (χ4n) is 1.53.